The van der Waals surface area contributed by atoms with Gasteiger partial charge in [0, 0.05) is 17.2 Å². The summed E-state index contributed by atoms with van der Waals surface area (Å²) in [4.78, 5) is 25.7. The van der Waals surface area contributed by atoms with Gasteiger partial charge in [0.15, 0.2) is 5.78 Å². The molecular weight excluding hydrogens is 348 g/mol. The number of carbonyl (C=O) groups is 2. The third kappa shape index (κ3) is 3.03. The Kier molecular flexibility index (Phi) is 4.90. The molecule has 3 N–H and O–H groups in total. The number of phenols is 3. The molecule has 2 aromatic carbocycles. The molecule has 2 aromatic rings. The van der Waals surface area contributed by atoms with E-state index in [1.54, 1.807) is 6.08 Å². The van der Waals surface area contributed by atoms with Gasteiger partial charge in [0.1, 0.15) is 23.0 Å². The summed E-state index contributed by atoms with van der Waals surface area (Å²) in [5, 5.41) is 31.0. The summed E-state index contributed by atoms with van der Waals surface area (Å²) < 4.78 is 5.03. The number of fused-ring (bicyclic) bond motifs is 2. The molecule has 0 heterocycles. The van der Waals surface area contributed by atoms with Crippen LogP contribution < -0.4 is 4.74 Å². The Hall–Kier alpha value is -3.28. The van der Waals surface area contributed by atoms with E-state index in [2.05, 4.69) is 0 Å². The van der Waals surface area contributed by atoms with Crippen molar-refractivity contribution < 1.29 is 29.6 Å². The van der Waals surface area contributed by atoms with E-state index in [0.29, 0.717) is 0 Å². The molecule has 0 spiro atoms. The van der Waals surface area contributed by atoms with Crippen molar-refractivity contribution in [2.75, 3.05) is 7.11 Å². The first-order valence-electron chi connectivity index (χ1n) is 8.66. The summed E-state index contributed by atoms with van der Waals surface area (Å²) in [6.45, 7) is 2.05. The molecule has 1 aliphatic rings. The molecule has 27 heavy (non-hydrogen) atoms. The van der Waals surface area contributed by atoms with Crippen molar-refractivity contribution in [3.05, 3.63) is 52.1 Å². The first-order chi connectivity index (χ1) is 12.9. The fourth-order valence-electron chi connectivity index (χ4n) is 3.17. The standard InChI is InChI=1S/C21H20O6/c1-3-4-5-6-7-12-15(22)10-14-18(20(12)25)21(26)17-13(19(14)24)8-11(27-2)9-16(17)23/h6-10,22-23,25H,3-5H2,1-2H3/b7-6+. The fraction of sp³-hybridized carbons (Fsp3) is 0.238. The van der Waals surface area contributed by atoms with Crippen LogP contribution in [0.15, 0.2) is 24.3 Å². The Morgan fingerprint density at radius 1 is 0.963 bits per heavy atom. The van der Waals surface area contributed by atoms with Crippen LogP contribution >= 0.6 is 0 Å². The Balaban J connectivity index is 2.17. The van der Waals surface area contributed by atoms with E-state index in [-0.39, 0.29) is 39.3 Å². The second kappa shape index (κ2) is 7.15. The lowest BCUT2D eigenvalue weighted by Gasteiger charge is -2.21. The highest BCUT2D eigenvalue weighted by molar-refractivity contribution is 6.30. The molecular formula is C21H20O6. The Morgan fingerprint density at radius 3 is 2.33 bits per heavy atom. The number of unbranched alkanes of at least 4 members (excludes halogenated alkanes) is 2. The van der Waals surface area contributed by atoms with Crippen LogP contribution in [-0.2, 0) is 0 Å². The van der Waals surface area contributed by atoms with Crippen LogP contribution in [0, 0.1) is 0 Å². The topological polar surface area (TPSA) is 104 Å². The van der Waals surface area contributed by atoms with Gasteiger partial charge in [0.2, 0.25) is 5.78 Å². The van der Waals surface area contributed by atoms with Gasteiger partial charge in [0.05, 0.1) is 23.8 Å². The number of allylic oxidation sites excluding steroid dienone is 1. The molecule has 0 bridgehead atoms. The fourth-order valence-corrected chi connectivity index (χ4v) is 3.17. The van der Waals surface area contributed by atoms with Crippen LogP contribution in [0.25, 0.3) is 6.08 Å². The van der Waals surface area contributed by atoms with E-state index in [9.17, 15) is 24.9 Å². The summed E-state index contributed by atoms with van der Waals surface area (Å²) in [5.74, 6) is -2.21. The number of rotatable bonds is 5. The third-order valence-corrected chi connectivity index (χ3v) is 4.60. The predicted molar refractivity (Wildman–Crippen MR) is 99.9 cm³/mol. The predicted octanol–water partition coefficient (Wildman–Crippen LogP) is 3.79. The minimum Gasteiger partial charge on any atom is -0.507 e. The molecule has 0 fully saturated rings. The Bertz CT molecular complexity index is 971. The summed E-state index contributed by atoms with van der Waals surface area (Å²) in [7, 11) is 1.37. The number of ether oxygens (including phenoxy) is 1. The maximum Gasteiger partial charge on any atom is 0.202 e. The molecule has 3 rings (SSSR count). The van der Waals surface area contributed by atoms with Gasteiger partial charge in [-0.05, 0) is 18.6 Å². The number of hydrogen-bond acceptors (Lipinski definition) is 6. The number of carbonyl (C=O) groups excluding carboxylic acids is 2. The second-order valence-electron chi connectivity index (χ2n) is 6.35. The average Bonchev–Trinajstić information content (AvgIpc) is 2.64. The van der Waals surface area contributed by atoms with E-state index in [1.807, 2.05) is 6.92 Å². The molecule has 6 nitrogen and oxygen atoms in total. The molecule has 0 unspecified atom stereocenters. The van der Waals surface area contributed by atoms with Crippen molar-refractivity contribution in [2.24, 2.45) is 0 Å². The normalized spacial score (nSPS) is 13.0. The number of ketones is 2. The molecule has 0 saturated heterocycles. The van der Waals surface area contributed by atoms with E-state index in [0.717, 1.165) is 19.3 Å². The first kappa shape index (κ1) is 18.5. The van der Waals surface area contributed by atoms with Gasteiger partial charge in [-0.2, -0.15) is 0 Å². The summed E-state index contributed by atoms with van der Waals surface area (Å²) in [6, 6.07) is 3.76. The van der Waals surface area contributed by atoms with Crippen molar-refractivity contribution >= 4 is 17.6 Å². The van der Waals surface area contributed by atoms with Crippen molar-refractivity contribution in [3.63, 3.8) is 0 Å². The molecule has 1 aliphatic carbocycles. The smallest absolute Gasteiger partial charge is 0.202 e. The van der Waals surface area contributed by atoms with Crippen LogP contribution in [0.3, 0.4) is 0 Å². The van der Waals surface area contributed by atoms with Crippen molar-refractivity contribution in [3.8, 4) is 23.0 Å². The minimum absolute atomic E-state index is 0.0330. The monoisotopic (exact) mass is 368 g/mol. The highest BCUT2D eigenvalue weighted by Gasteiger charge is 2.36. The number of benzene rings is 2. The van der Waals surface area contributed by atoms with Crippen molar-refractivity contribution in [2.45, 2.75) is 26.2 Å². The molecule has 140 valence electrons. The maximum absolute atomic E-state index is 12.9. The van der Waals surface area contributed by atoms with Gasteiger partial charge in [0.25, 0.3) is 0 Å². The van der Waals surface area contributed by atoms with Crippen LogP contribution in [0.2, 0.25) is 0 Å². The number of aromatic hydroxyl groups is 3. The zero-order valence-corrected chi connectivity index (χ0v) is 15.1. The lowest BCUT2D eigenvalue weighted by molar-refractivity contribution is 0.0973. The van der Waals surface area contributed by atoms with E-state index < -0.39 is 23.1 Å². The molecule has 0 aliphatic heterocycles. The molecule has 0 radical (unpaired) electrons. The van der Waals surface area contributed by atoms with E-state index in [1.165, 1.54) is 31.4 Å². The van der Waals surface area contributed by atoms with Gasteiger partial charge < -0.3 is 20.1 Å². The molecule has 0 saturated carbocycles. The number of hydrogen-bond donors (Lipinski definition) is 3. The zero-order chi connectivity index (χ0) is 19.7. The molecule has 0 aromatic heterocycles. The lowest BCUT2D eigenvalue weighted by atomic mass is 9.81. The van der Waals surface area contributed by atoms with Gasteiger partial charge in [-0.1, -0.05) is 31.9 Å². The minimum atomic E-state index is -0.680. The van der Waals surface area contributed by atoms with Crippen LogP contribution in [0.5, 0.6) is 23.0 Å². The number of methoxy groups -OCH3 is 1. The van der Waals surface area contributed by atoms with E-state index >= 15 is 0 Å². The second-order valence-corrected chi connectivity index (χ2v) is 6.35. The average molecular weight is 368 g/mol. The van der Waals surface area contributed by atoms with Crippen molar-refractivity contribution in [1.82, 2.24) is 0 Å². The van der Waals surface area contributed by atoms with Gasteiger partial charge in [-0.25, -0.2) is 0 Å². The van der Waals surface area contributed by atoms with Crippen LogP contribution in [0.1, 0.15) is 63.6 Å². The van der Waals surface area contributed by atoms with Gasteiger partial charge in [-0.15, -0.1) is 0 Å². The van der Waals surface area contributed by atoms with Crippen LogP contribution in [0.4, 0.5) is 0 Å². The Labute approximate surface area is 156 Å². The quantitative estimate of drug-likeness (QED) is 0.592. The summed E-state index contributed by atoms with van der Waals surface area (Å²) in [5.41, 5.74) is -0.478. The van der Waals surface area contributed by atoms with E-state index in [4.69, 9.17) is 4.74 Å². The molecule has 0 atom stereocenters. The molecule has 6 heteroatoms. The SMILES string of the molecule is CCCC/C=C/c1c(O)cc2c(c1O)C(=O)c1c(O)cc(OC)cc1C2=O. The lowest BCUT2D eigenvalue weighted by Crippen LogP contribution is -2.21. The summed E-state index contributed by atoms with van der Waals surface area (Å²) in [6.07, 6.45) is 6.02. The van der Waals surface area contributed by atoms with Crippen molar-refractivity contribution in [1.29, 1.82) is 0 Å². The van der Waals surface area contributed by atoms with Crippen LogP contribution in [-0.4, -0.2) is 34.0 Å². The largest absolute Gasteiger partial charge is 0.507 e. The highest BCUT2D eigenvalue weighted by Crippen LogP contribution is 2.43. The zero-order valence-electron chi connectivity index (χ0n) is 15.1. The number of phenolic OH excluding ortho intramolecular Hbond substituents is 3. The van der Waals surface area contributed by atoms with Gasteiger partial charge in [-0.3, -0.25) is 9.59 Å². The molecule has 0 amide bonds. The Morgan fingerprint density at radius 2 is 1.67 bits per heavy atom. The third-order valence-electron chi connectivity index (χ3n) is 4.60. The van der Waals surface area contributed by atoms with Gasteiger partial charge >= 0.3 is 0 Å². The first-order valence-corrected chi connectivity index (χ1v) is 8.66. The maximum atomic E-state index is 12.9. The summed E-state index contributed by atoms with van der Waals surface area (Å²) >= 11 is 0. The highest BCUT2D eigenvalue weighted by atomic mass is 16.5.